The lowest BCUT2D eigenvalue weighted by molar-refractivity contribution is 0.428. The van der Waals surface area contributed by atoms with Crippen molar-refractivity contribution >= 4 is 10.0 Å². The highest BCUT2D eigenvalue weighted by atomic mass is 32.2. The van der Waals surface area contributed by atoms with Gasteiger partial charge >= 0.3 is 0 Å². The van der Waals surface area contributed by atoms with Gasteiger partial charge in [0.25, 0.3) is 0 Å². The number of hydrogen-bond donors (Lipinski definition) is 2. The second-order valence-corrected chi connectivity index (χ2v) is 6.36. The predicted octanol–water partition coefficient (Wildman–Crippen LogP) is 0.783. The second-order valence-electron chi connectivity index (χ2n) is 4.64. The van der Waals surface area contributed by atoms with Gasteiger partial charge in [-0.3, -0.25) is 0 Å². The van der Waals surface area contributed by atoms with E-state index in [4.69, 9.17) is 5.26 Å². The zero-order valence-electron chi connectivity index (χ0n) is 10.6. The molecular formula is C13H17N3O2S. The molecule has 0 radical (unpaired) electrons. The molecule has 102 valence electrons. The summed E-state index contributed by atoms with van der Waals surface area (Å²) in [5, 5.41) is 11.7. The molecule has 5 nitrogen and oxygen atoms in total. The lowest BCUT2D eigenvalue weighted by Gasteiger charge is -2.23. The van der Waals surface area contributed by atoms with Gasteiger partial charge in [-0.1, -0.05) is 12.1 Å². The van der Waals surface area contributed by atoms with Crippen LogP contribution in [-0.4, -0.2) is 27.5 Å². The Balaban J connectivity index is 2.08. The number of rotatable bonds is 4. The summed E-state index contributed by atoms with van der Waals surface area (Å²) >= 11 is 0. The van der Waals surface area contributed by atoms with Crippen molar-refractivity contribution in [1.29, 1.82) is 5.26 Å². The largest absolute Gasteiger partial charge is 0.315 e. The van der Waals surface area contributed by atoms with Crippen LogP contribution in [0.2, 0.25) is 0 Å². The lowest BCUT2D eigenvalue weighted by atomic mass is 10.1. The van der Waals surface area contributed by atoms with Crippen molar-refractivity contribution < 1.29 is 8.42 Å². The summed E-state index contributed by atoms with van der Waals surface area (Å²) in [7, 11) is -3.46. The van der Waals surface area contributed by atoms with E-state index in [9.17, 15) is 8.42 Å². The van der Waals surface area contributed by atoms with Crippen LogP contribution >= 0.6 is 0 Å². The average Bonchev–Trinajstić information content (AvgIpc) is 2.40. The van der Waals surface area contributed by atoms with Crippen LogP contribution in [0.3, 0.4) is 0 Å². The Hall–Kier alpha value is -1.42. The topological polar surface area (TPSA) is 82.0 Å². The summed E-state index contributed by atoms with van der Waals surface area (Å²) in [6.45, 7) is 1.62. The Morgan fingerprint density at radius 2 is 2.11 bits per heavy atom. The zero-order valence-corrected chi connectivity index (χ0v) is 11.4. The molecule has 1 saturated heterocycles. The first-order valence-electron chi connectivity index (χ1n) is 6.31. The maximum atomic E-state index is 12.2. The summed E-state index contributed by atoms with van der Waals surface area (Å²) in [5.74, 6) is 0. The minimum absolute atomic E-state index is 0.0439. The number of sulfonamides is 1. The van der Waals surface area contributed by atoms with E-state index in [1.807, 2.05) is 6.07 Å². The van der Waals surface area contributed by atoms with Gasteiger partial charge in [0.15, 0.2) is 0 Å². The van der Waals surface area contributed by atoms with Gasteiger partial charge in [-0.2, -0.15) is 5.26 Å². The molecule has 0 bridgehead atoms. The number of hydrogen-bond acceptors (Lipinski definition) is 4. The van der Waals surface area contributed by atoms with Crippen LogP contribution in [-0.2, 0) is 16.4 Å². The average molecular weight is 279 g/mol. The molecule has 19 heavy (non-hydrogen) atoms. The van der Waals surface area contributed by atoms with Gasteiger partial charge in [-0.05, 0) is 37.1 Å². The number of benzene rings is 1. The minimum Gasteiger partial charge on any atom is -0.315 e. The van der Waals surface area contributed by atoms with Gasteiger partial charge < -0.3 is 5.32 Å². The van der Waals surface area contributed by atoms with Crippen molar-refractivity contribution in [2.45, 2.75) is 30.2 Å². The molecule has 1 aliphatic heterocycles. The molecule has 1 atom stereocenters. The smallest absolute Gasteiger partial charge is 0.240 e. The Morgan fingerprint density at radius 3 is 2.68 bits per heavy atom. The van der Waals surface area contributed by atoms with E-state index in [1.54, 1.807) is 24.3 Å². The highest BCUT2D eigenvalue weighted by Crippen LogP contribution is 2.13. The molecule has 1 heterocycles. The summed E-state index contributed by atoms with van der Waals surface area (Å²) in [6.07, 6.45) is 2.13. The van der Waals surface area contributed by atoms with Crippen LogP contribution in [0.15, 0.2) is 29.2 Å². The first-order chi connectivity index (χ1) is 9.12. The van der Waals surface area contributed by atoms with Crippen LogP contribution in [0.25, 0.3) is 0 Å². The van der Waals surface area contributed by atoms with E-state index in [1.165, 1.54) is 0 Å². The highest BCUT2D eigenvalue weighted by molar-refractivity contribution is 7.89. The van der Waals surface area contributed by atoms with Crippen molar-refractivity contribution in [3.8, 4) is 6.07 Å². The molecule has 2 N–H and O–H groups in total. The van der Waals surface area contributed by atoms with Crippen LogP contribution in [0.1, 0.15) is 18.4 Å². The normalized spacial score (nSPS) is 19.8. The predicted molar refractivity (Wildman–Crippen MR) is 72.0 cm³/mol. The van der Waals surface area contributed by atoms with E-state index >= 15 is 0 Å². The first-order valence-corrected chi connectivity index (χ1v) is 7.79. The first kappa shape index (κ1) is 14.0. The molecule has 1 aromatic carbocycles. The lowest BCUT2D eigenvalue weighted by Crippen LogP contribution is -2.45. The Morgan fingerprint density at radius 1 is 1.37 bits per heavy atom. The third kappa shape index (κ3) is 3.77. The third-order valence-corrected chi connectivity index (χ3v) is 4.67. The molecule has 0 amide bonds. The molecule has 6 heteroatoms. The summed E-state index contributed by atoms with van der Waals surface area (Å²) in [5.41, 5.74) is 0.820. The van der Waals surface area contributed by atoms with Gasteiger partial charge in [-0.15, -0.1) is 0 Å². The van der Waals surface area contributed by atoms with E-state index in [0.29, 0.717) is 13.0 Å². The number of nitrogens with one attached hydrogen (secondary N) is 2. The fraction of sp³-hybridized carbons (Fsp3) is 0.462. The minimum atomic E-state index is -3.46. The van der Waals surface area contributed by atoms with Crippen molar-refractivity contribution in [2.24, 2.45) is 0 Å². The van der Waals surface area contributed by atoms with Crippen molar-refractivity contribution in [3.63, 3.8) is 0 Å². The Labute approximate surface area is 113 Å². The van der Waals surface area contributed by atoms with Gasteiger partial charge in [0.1, 0.15) is 0 Å². The number of nitrogens with zero attached hydrogens (tertiary/aromatic N) is 1. The molecule has 2 rings (SSSR count). The van der Waals surface area contributed by atoms with Crippen LogP contribution in [0.4, 0.5) is 0 Å². The van der Waals surface area contributed by atoms with Crippen molar-refractivity contribution in [3.05, 3.63) is 29.8 Å². The SMILES string of the molecule is N#CCc1ccc(S(=O)(=O)NC2CCCNC2)cc1. The zero-order chi connectivity index (χ0) is 13.7. The third-order valence-electron chi connectivity index (χ3n) is 3.14. The molecule has 0 aliphatic carbocycles. The molecule has 0 aromatic heterocycles. The van der Waals surface area contributed by atoms with E-state index in [-0.39, 0.29) is 10.9 Å². The van der Waals surface area contributed by atoms with Crippen molar-refractivity contribution in [2.75, 3.05) is 13.1 Å². The van der Waals surface area contributed by atoms with Crippen LogP contribution in [0, 0.1) is 11.3 Å². The molecule has 1 aromatic rings. The highest BCUT2D eigenvalue weighted by Gasteiger charge is 2.21. The van der Waals surface area contributed by atoms with Crippen molar-refractivity contribution in [1.82, 2.24) is 10.0 Å². The Bertz CT molecular complexity index is 555. The molecular weight excluding hydrogens is 262 g/mol. The molecule has 0 saturated carbocycles. The number of piperidine rings is 1. The van der Waals surface area contributed by atoms with Gasteiger partial charge in [-0.25, -0.2) is 13.1 Å². The van der Waals surface area contributed by atoms with Crippen LogP contribution in [0.5, 0.6) is 0 Å². The summed E-state index contributed by atoms with van der Waals surface area (Å²) in [6, 6.07) is 8.44. The fourth-order valence-corrected chi connectivity index (χ4v) is 3.39. The summed E-state index contributed by atoms with van der Waals surface area (Å²) < 4.78 is 27.0. The standard InChI is InChI=1S/C13H17N3O2S/c14-8-7-11-3-5-13(6-4-11)19(17,18)16-12-2-1-9-15-10-12/h3-6,12,15-16H,1-2,7,9-10H2. The summed E-state index contributed by atoms with van der Waals surface area (Å²) in [4.78, 5) is 0.250. The van der Waals surface area contributed by atoms with Gasteiger partial charge in [0.05, 0.1) is 17.4 Å². The molecule has 1 aliphatic rings. The van der Waals surface area contributed by atoms with Gasteiger partial charge in [0.2, 0.25) is 10.0 Å². The van der Waals surface area contributed by atoms with E-state index in [2.05, 4.69) is 10.0 Å². The maximum Gasteiger partial charge on any atom is 0.240 e. The maximum absolute atomic E-state index is 12.2. The molecule has 1 fully saturated rings. The van der Waals surface area contributed by atoms with Gasteiger partial charge in [0, 0.05) is 12.6 Å². The van der Waals surface area contributed by atoms with E-state index < -0.39 is 10.0 Å². The molecule has 0 spiro atoms. The second kappa shape index (κ2) is 6.15. The molecule has 1 unspecified atom stereocenters. The van der Waals surface area contributed by atoms with Crippen LogP contribution < -0.4 is 10.0 Å². The Kier molecular flexibility index (Phi) is 4.53. The van der Waals surface area contributed by atoms with E-state index in [0.717, 1.165) is 24.9 Å². The quantitative estimate of drug-likeness (QED) is 0.853. The number of nitriles is 1. The monoisotopic (exact) mass is 279 g/mol. The fourth-order valence-electron chi connectivity index (χ4n) is 2.12.